The third kappa shape index (κ3) is 3.20. The minimum absolute atomic E-state index is 0.0276. The first kappa shape index (κ1) is 14.4. The highest BCUT2D eigenvalue weighted by Crippen LogP contribution is 2.31. The molecule has 2 aromatic rings. The quantitative estimate of drug-likeness (QED) is 0.809. The van der Waals surface area contributed by atoms with Crippen molar-refractivity contribution in [2.24, 2.45) is 0 Å². The molecule has 0 saturated heterocycles. The number of carbonyl (C=O) groups is 1. The van der Waals surface area contributed by atoms with Crippen LogP contribution in [0.1, 0.15) is 12.5 Å². The molecule has 0 saturated carbocycles. The predicted molar refractivity (Wildman–Crippen MR) is 94.7 cm³/mol. The fourth-order valence-corrected chi connectivity index (χ4v) is 3.12. The predicted octanol–water partition coefficient (Wildman–Crippen LogP) is 3.68. The minimum atomic E-state index is 0.0276. The second-order valence-corrected chi connectivity index (χ2v) is 6.61. The summed E-state index contributed by atoms with van der Waals surface area (Å²) in [5.74, 6) is 0.0276. The number of nitrogens with zero attached hydrogens (tertiary/aromatic N) is 1. The number of benzene rings is 2. The number of fused-ring (bicyclic) bond motifs is 1. The Morgan fingerprint density at radius 3 is 2.71 bits per heavy atom. The lowest BCUT2D eigenvalue weighted by Gasteiger charge is -2.24. The molecule has 3 rings (SSSR count). The molecule has 0 aromatic heterocycles. The molecule has 1 unspecified atom stereocenters. The number of nitrogens with one attached hydrogen (secondary N) is 1. The van der Waals surface area contributed by atoms with Gasteiger partial charge in [0.15, 0.2) is 0 Å². The van der Waals surface area contributed by atoms with Crippen LogP contribution < -0.4 is 10.2 Å². The third-order valence-electron chi connectivity index (χ3n) is 3.79. The van der Waals surface area contributed by atoms with Gasteiger partial charge in [-0.1, -0.05) is 18.2 Å². The van der Waals surface area contributed by atoms with Crippen LogP contribution in [-0.2, 0) is 11.2 Å². The summed E-state index contributed by atoms with van der Waals surface area (Å²) in [6.45, 7) is 2.56. The van der Waals surface area contributed by atoms with Crippen molar-refractivity contribution in [2.45, 2.75) is 19.4 Å². The van der Waals surface area contributed by atoms with E-state index in [1.54, 1.807) is 0 Å². The SMILES string of the molecule is CC1Cc2ccccc2N1CC(=O)Nc1ccc(I)cc1. The van der Waals surface area contributed by atoms with E-state index >= 15 is 0 Å². The number of rotatable bonds is 3. The second kappa shape index (κ2) is 6.05. The van der Waals surface area contributed by atoms with Crippen LogP contribution in [0, 0.1) is 3.57 Å². The van der Waals surface area contributed by atoms with Crippen LogP contribution in [-0.4, -0.2) is 18.5 Å². The average Bonchev–Trinajstić information content (AvgIpc) is 2.78. The van der Waals surface area contributed by atoms with Gasteiger partial charge in [0.1, 0.15) is 0 Å². The van der Waals surface area contributed by atoms with Gasteiger partial charge >= 0.3 is 0 Å². The Labute approximate surface area is 138 Å². The Hall–Kier alpha value is -1.56. The maximum absolute atomic E-state index is 12.3. The summed E-state index contributed by atoms with van der Waals surface area (Å²) >= 11 is 2.25. The van der Waals surface area contributed by atoms with Gasteiger partial charge in [0.2, 0.25) is 5.91 Å². The summed E-state index contributed by atoms with van der Waals surface area (Å²) in [7, 11) is 0. The van der Waals surface area contributed by atoms with E-state index in [4.69, 9.17) is 0 Å². The first-order chi connectivity index (χ1) is 10.1. The highest BCUT2D eigenvalue weighted by molar-refractivity contribution is 14.1. The molecule has 1 aliphatic rings. The highest BCUT2D eigenvalue weighted by Gasteiger charge is 2.26. The Morgan fingerprint density at radius 2 is 1.95 bits per heavy atom. The smallest absolute Gasteiger partial charge is 0.243 e. The van der Waals surface area contributed by atoms with E-state index in [1.165, 1.54) is 11.3 Å². The molecule has 0 aliphatic carbocycles. The molecule has 1 atom stereocenters. The lowest BCUT2D eigenvalue weighted by atomic mass is 10.1. The van der Waals surface area contributed by atoms with Crippen LogP contribution in [0.15, 0.2) is 48.5 Å². The molecule has 0 fully saturated rings. The van der Waals surface area contributed by atoms with Crippen LogP contribution in [0.25, 0.3) is 0 Å². The van der Waals surface area contributed by atoms with Crippen molar-refractivity contribution in [1.29, 1.82) is 0 Å². The van der Waals surface area contributed by atoms with Crippen LogP contribution >= 0.6 is 22.6 Å². The van der Waals surface area contributed by atoms with E-state index in [-0.39, 0.29) is 5.91 Å². The Balaban J connectivity index is 1.69. The molecule has 4 heteroatoms. The maximum Gasteiger partial charge on any atom is 0.243 e. The summed E-state index contributed by atoms with van der Waals surface area (Å²) in [5, 5.41) is 2.96. The van der Waals surface area contributed by atoms with Crippen molar-refractivity contribution >= 4 is 39.9 Å². The van der Waals surface area contributed by atoms with E-state index in [9.17, 15) is 4.79 Å². The van der Waals surface area contributed by atoms with Crippen LogP contribution in [0.4, 0.5) is 11.4 Å². The van der Waals surface area contributed by atoms with Crippen molar-refractivity contribution in [3.63, 3.8) is 0 Å². The third-order valence-corrected chi connectivity index (χ3v) is 4.51. The van der Waals surface area contributed by atoms with E-state index in [1.807, 2.05) is 30.3 Å². The minimum Gasteiger partial charge on any atom is -0.359 e. The van der Waals surface area contributed by atoms with Gasteiger partial charge in [0, 0.05) is 21.0 Å². The van der Waals surface area contributed by atoms with Crippen molar-refractivity contribution in [2.75, 3.05) is 16.8 Å². The van der Waals surface area contributed by atoms with E-state index < -0.39 is 0 Å². The molecule has 0 spiro atoms. The summed E-state index contributed by atoms with van der Waals surface area (Å²) < 4.78 is 1.16. The average molecular weight is 392 g/mol. The lowest BCUT2D eigenvalue weighted by Crippen LogP contribution is -2.37. The topological polar surface area (TPSA) is 32.3 Å². The Morgan fingerprint density at radius 1 is 1.24 bits per heavy atom. The molecule has 2 aromatic carbocycles. The van der Waals surface area contributed by atoms with Gasteiger partial charge in [0.05, 0.1) is 6.54 Å². The van der Waals surface area contributed by atoms with E-state index in [2.05, 4.69) is 57.9 Å². The van der Waals surface area contributed by atoms with Gasteiger partial charge < -0.3 is 10.2 Å². The van der Waals surface area contributed by atoms with Crippen molar-refractivity contribution in [3.05, 3.63) is 57.7 Å². The Bertz CT molecular complexity index is 654. The van der Waals surface area contributed by atoms with Crippen molar-refractivity contribution in [3.8, 4) is 0 Å². The van der Waals surface area contributed by atoms with Crippen LogP contribution in [0.5, 0.6) is 0 Å². The first-order valence-electron chi connectivity index (χ1n) is 7.03. The standard InChI is InChI=1S/C17H17IN2O/c1-12-10-13-4-2-3-5-16(13)20(12)11-17(21)19-15-8-6-14(18)7-9-15/h2-9,12H,10-11H2,1H3,(H,19,21). The largest absolute Gasteiger partial charge is 0.359 e. The molecular weight excluding hydrogens is 375 g/mol. The fourth-order valence-electron chi connectivity index (χ4n) is 2.76. The number of amides is 1. The van der Waals surface area contributed by atoms with Gasteiger partial charge in [-0.2, -0.15) is 0 Å². The number of carbonyl (C=O) groups excluding carboxylic acids is 1. The van der Waals surface area contributed by atoms with Gasteiger partial charge in [-0.3, -0.25) is 4.79 Å². The number of para-hydroxylation sites is 1. The van der Waals surface area contributed by atoms with E-state index in [0.29, 0.717) is 12.6 Å². The lowest BCUT2D eigenvalue weighted by molar-refractivity contribution is -0.115. The molecule has 108 valence electrons. The van der Waals surface area contributed by atoms with Gasteiger partial charge in [-0.25, -0.2) is 0 Å². The fraction of sp³-hybridized carbons (Fsp3) is 0.235. The molecule has 3 nitrogen and oxygen atoms in total. The highest BCUT2D eigenvalue weighted by atomic mass is 127. The molecule has 0 radical (unpaired) electrons. The number of halogens is 1. The molecular formula is C17H17IN2O. The van der Waals surface area contributed by atoms with Crippen LogP contribution in [0.2, 0.25) is 0 Å². The van der Waals surface area contributed by atoms with Gasteiger partial charge in [-0.05, 0) is 71.8 Å². The number of hydrogen-bond acceptors (Lipinski definition) is 2. The van der Waals surface area contributed by atoms with Gasteiger partial charge in [0.25, 0.3) is 0 Å². The van der Waals surface area contributed by atoms with Gasteiger partial charge in [-0.15, -0.1) is 0 Å². The monoisotopic (exact) mass is 392 g/mol. The summed E-state index contributed by atoms with van der Waals surface area (Å²) in [4.78, 5) is 14.4. The molecule has 1 heterocycles. The summed E-state index contributed by atoms with van der Waals surface area (Å²) in [5.41, 5.74) is 3.36. The summed E-state index contributed by atoms with van der Waals surface area (Å²) in [6, 6.07) is 16.5. The zero-order valence-corrected chi connectivity index (χ0v) is 14.0. The zero-order chi connectivity index (χ0) is 14.8. The molecule has 1 aliphatic heterocycles. The second-order valence-electron chi connectivity index (χ2n) is 5.36. The molecule has 0 bridgehead atoms. The maximum atomic E-state index is 12.3. The van der Waals surface area contributed by atoms with Crippen molar-refractivity contribution < 1.29 is 4.79 Å². The molecule has 21 heavy (non-hydrogen) atoms. The van der Waals surface area contributed by atoms with Crippen LogP contribution in [0.3, 0.4) is 0 Å². The number of anilines is 2. The van der Waals surface area contributed by atoms with E-state index in [0.717, 1.165) is 15.7 Å². The summed E-state index contributed by atoms with van der Waals surface area (Å²) in [6.07, 6.45) is 1.01. The molecule has 1 amide bonds. The number of hydrogen-bond donors (Lipinski definition) is 1. The Kier molecular flexibility index (Phi) is 4.14. The first-order valence-corrected chi connectivity index (χ1v) is 8.11. The van der Waals surface area contributed by atoms with Crippen molar-refractivity contribution in [1.82, 2.24) is 0 Å². The normalized spacial score (nSPS) is 16.7. The molecule has 1 N–H and O–H groups in total. The zero-order valence-electron chi connectivity index (χ0n) is 11.8.